The molecule has 1 amide bonds. The Kier molecular flexibility index (Phi) is 7.04. The molecule has 0 spiro atoms. The van der Waals surface area contributed by atoms with E-state index < -0.39 is 18.3 Å². The monoisotopic (exact) mass is 432 g/mol. The number of hydrogen-bond acceptors (Lipinski definition) is 5. The molecule has 3 aromatic carbocycles. The Morgan fingerprint density at radius 2 is 1.75 bits per heavy atom. The predicted octanol–water partition coefficient (Wildman–Crippen LogP) is 3.53. The number of benzene rings is 3. The lowest BCUT2D eigenvalue weighted by molar-refractivity contribution is 0.0188. The quantitative estimate of drug-likeness (QED) is 0.532. The maximum Gasteiger partial charge on any atom is 0.407 e. The Hall–Kier alpha value is -3.35. The topological polar surface area (TPSA) is 79.8 Å². The normalized spacial score (nSPS) is 20.0. The van der Waals surface area contributed by atoms with Gasteiger partial charge in [0.1, 0.15) is 18.0 Å². The third kappa shape index (κ3) is 5.46. The van der Waals surface area contributed by atoms with Gasteiger partial charge < -0.3 is 25.2 Å². The largest absolute Gasteiger partial charge is 0.497 e. The van der Waals surface area contributed by atoms with E-state index in [9.17, 15) is 9.90 Å². The molecule has 1 aliphatic heterocycles. The first-order valence-electron chi connectivity index (χ1n) is 10.8. The average molecular weight is 433 g/mol. The Bertz CT molecular complexity index is 1020. The van der Waals surface area contributed by atoms with Gasteiger partial charge in [-0.25, -0.2) is 4.79 Å². The number of β-amino-alcohol motifs (C(OH)–C–C–N with tert-alkyl or cyclic N) is 1. The molecule has 32 heavy (non-hydrogen) atoms. The van der Waals surface area contributed by atoms with Gasteiger partial charge >= 0.3 is 6.09 Å². The molecule has 0 radical (unpaired) electrons. The van der Waals surface area contributed by atoms with Gasteiger partial charge in [-0.1, -0.05) is 60.7 Å². The van der Waals surface area contributed by atoms with Gasteiger partial charge in [0.05, 0.1) is 13.2 Å². The Morgan fingerprint density at radius 1 is 1.00 bits per heavy atom. The number of ether oxygens (including phenoxy) is 2. The van der Waals surface area contributed by atoms with Crippen LogP contribution in [0.15, 0.2) is 78.9 Å². The van der Waals surface area contributed by atoms with Gasteiger partial charge in [-0.15, -0.1) is 0 Å². The Labute approximate surface area is 188 Å². The zero-order valence-corrected chi connectivity index (χ0v) is 18.0. The van der Waals surface area contributed by atoms with Crippen molar-refractivity contribution in [2.24, 2.45) is 0 Å². The van der Waals surface area contributed by atoms with Crippen molar-refractivity contribution < 1.29 is 19.4 Å². The van der Waals surface area contributed by atoms with Gasteiger partial charge in [-0.05, 0) is 46.9 Å². The van der Waals surface area contributed by atoms with Crippen LogP contribution in [-0.2, 0) is 17.7 Å². The summed E-state index contributed by atoms with van der Waals surface area (Å²) in [7, 11) is 1.63. The molecular weight excluding hydrogens is 404 g/mol. The van der Waals surface area contributed by atoms with E-state index in [1.54, 1.807) is 7.11 Å². The minimum absolute atomic E-state index is 0.162. The van der Waals surface area contributed by atoms with Crippen LogP contribution in [0.1, 0.15) is 11.1 Å². The molecule has 1 aliphatic rings. The van der Waals surface area contributed by atoms with Crippen LogP contribution in [0, 0.1) is 0 Å². The fraction of sp³-hybridized carbons (Fsp3) is 0.269. The second-order valence-corrected chi connectivity index (χ2v) is 7.92. The summed E-state index contributed by atoms with van der Waals surface area (Å²) in [6.45, 7) is 0.733. The summed E-state index contributed by atoms with van der Waals surface area (Å²) in [5.41, 5.74) is 4.26. The number of methoxy groups -OCH3 is 1. The van der Waals surface area contributed by atoms with Gasteiger partial charge in [-0.2, -0.15) is 0 Å². The van der Waals surface area contributed by atoms with E-state index in [0.717, 1.165) is 28.0 Å². The van der Waals surface area contributed by atoms with Crippen LogP contribution in [0.4, 0.5) is 4.79 Å². The number of rotatable bonds is 7. The average Bonchev–Trinajstić information content (AvgIpc) is 3.17. The zero-order chi connectivity index (χ0) is 22.3. The van der Waals surface area contributed by atoms with Crippen LogP contribution in [-0.4, -0.2) is 43.1 Å². The summed E-state index contributed by atoms with van der Waals surface area (Å²) in [4.78, 5) is 12.5. The molecule has 0 bridgehead atoms. The molecule has 0 aliphatic carbocycles. The number of carbonyl (C=O) groups is 1. The Morgan fingerprint density at radius 3 is 2.50 bits per heavy atom. The van der Waals surface area contributed by atoms with Gasteiger partial charge in [0.2, 0.25) is 0 Å². The molecule has 0 aromatic heterocycles. The third-order valence-electron chi connectivity index (χ3n) is 5.69. The van der Waals surface area contributed by atoms with Crippen molar-refractivity contribution >= 4 is 6.09 Å². The van der Waals surface area contributed by atoms with Gasteiger partial charge in [0.25, 0.3) is 0 Å². The van der Waals surface area contributed by atoms with Crippen LogP contribution >= 0.6 is 0 Å². The van der Waals surface area contributed by atoms with E-state index >= 15 is 0 Å². The molecule has 3 N–H and O–H groups in total. The van der Waals surface area contributed by atoms with E-state index in [0.29, 0.717) is 19.5 Å². The maximum atomic E-state index is 12.5. The third-order valence-corrected chi connectivity index (χ3v) is 5.69. The van der Waals surface area contributed by atoms with E-state index in [2.05, 4.69) is 22.8 Å². The number of aliphatic hydroxyl groups excluding tert-OH is 1. The van der Waals surface area contributed by atoms with Crippen molar-refractivity contribution in [2.75, 3.05) is 13.7 Å². The van der Waals surface area contributed by atoms with Crippen LogP contribution in [0.5, 0.6) is 5.75 Å². The summed E-state index contributed by atoms with van der Waals surface area (Å²) in [6.07, 6.45) is -1.27. The summed E-state index contributed by atoms with van der Waals surface area (Å²) >= 11 is 0. The number of hydrogen-bond donors (Lipinski definition) is 3. The molecular formula is C26H28N2O4. The summed E-state index contributed by atoms with van der Waals surface area (Å²) in [5.74, 6) is 0.789. The maximum absolute atomic E-state index is 12.5. The van der Waals surface area contributed by atoms with E-state index in [1.807, 2.05) is 66.7 Å². The van der Waals surface area contributed by atoms with Gasteiger partial charge in [0.15, 0.2) is 0 Å². The number of aliphatic hydroxyl groups is 1. The van der Waals surface area contributed by atoms with Crippen molar-refractivity contribution in [3.63, 3.8) is 0 Å². The lowest BCUT2D eigenvalue weighted by atomic mass is 10.0. The fourth-order valence-corrected chi connectivity index (χ4v) is 3.97. The molecule has 1 fully saturated rings. The van der Waals surface area contributed by atoms with Crippen LogP contribution in [0.3, 0.4) is 0 Å². The zero-order valence-electron chi connectivity index (χ0n) is 18.0. The predicted molar refractivity (Wildman–Crippen MR) is 123 cm³/mol. The van der Waals surface area contributed by atoms with E-state index in [1.165, 1.54) is 0 Å². The molecule has 6 nitrogen and oxygen atoms in total. The molecule has 166 valence electrons. The van der Waals surface area contributed by atoms with Crippen molar-refractivity contribution in [1.82, 2.24) is 10.6 Å². The standard InChI is InChI=1S/C26H28N2O4/c1-31-22-12-10-18(11-13-22)15-23-25(24(29)17-27-23)32-26(30)28-16-19-6-5-9-21(14-19)20-7-3-2-4-8-20/h2-14,23-25,27,29H,15-17H2,1H3,(H,28,30)/t23-,24+,25+/m1/s1. The van der Waals surface area contributed by atoms with Crippen LogP contribution in [0.2, 0.25) is 0 Å². The van der Waals surface area contributed by atoms with E-state index in [-0.39, 0.29) is 6.04 Å². The minimum Gasteiger partial charge on any atom is -0.497 e. The molecule has 1 heterocycles. The highest BCUT2D eigenvalue weighted by Crippen LogP contribution is 2.21. The van der Waals surface area contributed by atoms with Crippen molar-refractivity contribution in [2.45, 2.75) is 31.2 Å². The second-order valence-electron chi connectivity index (χ2n) is 7.92. The van der Waals surface area contributed by atoms with Gasteiger partial charge in [-0.3, -0.25) is 0 Å². The Balaban J connectivity index is 1.33. The number of alkyl carbamates (subject to hydrolysis) is 1. The summed E-state index contributed by atoms with van der Waals surface area (Å²) in [6, 6.07) is 25.7. The first kappa shape index (κ1) is 21.9. The highest BCUT2D eigenvalue weighted by atomic mass is 16.6. The number of nitrogens with one attached hydrogen (secondary N) is 2. The van der Waals surface area contributed by atoms with Crippen molar-refractivity contribution in [3.05, 3.63) is 90.0 Å². The van der Waals surface area contributed by atoms with Crippen LogP contribution in [0.25, 0.3) is 11.1 Å². The molecule has 1 saturated heterocycles. The first-order chi connectivity index (χ1) is 15.6. The van der Waals surface area contributed by atoms with E-state index in [4.69, 9.17) is 9.47 Å². The molecule has 3 aromatic rings. The lowest BCUT2D eigenvalue weighted by Crippen LogP contribution is -2.41. The molecule has 0 saturated carbocycles. The van der Waals surface area contributed by atoms with Crippen LogP contribution < -0.4 is 15.4 Å². The van der Waals surface area contributed by atoms with Crippen molar-refractivity contribution in [1.29, 1.82) is 0 Å². The van der Waals surface area contributed by atoms with Gasteiger partial charge in [0, 0.05) is 13.1 Å². The highest BCUT2D eigenvalue weighted by molar-refractivity contribution is 5.68. The number of amides is 1. The molecule has 6 heteroatoms. The fourth-order valence-electron chi connectivity index (χ4n) is 3.97. The first-order valence-corrected chi connectivity index (χ1v) is 10.8. The smallest absolute Gasteiger partial charge is 0.407 e. The molecule has 0 unspecified atom stereocenters. The molecule has 3 atom stereocenters. The lowest BCUT2D eigenvalue weighted by Gasteiger charge is -2.22. The SMILES string of the molecule is COc1ccc(C[C@H]2NC[C@H](O)[C@H]2OC(=O)NCc2cccc(-c3ccccc3)c2)cc1. The van der Waals surface area contributed by atoms with Crippen molar-refractivity contribution in [3.8, 4) is 16.9 Å². The number of carbonyl (C=O) groups excluding carboxylic acids is 1. The summed E-state index contributed by atoms with van der Waals surface area (Å²) < 4.78 is 10.8. The minimum atomic E-state index is -0.745. The summed E-state index contributed by atoms with van der Waals surface area (Å²) in [5, 5.41) is 16.4. The second kappa shape index (κ2) is 10.3. The highest BCUT2D eigenvalue weighted by Gasteiger charge is 2.37. The molecule has 4 rings (SSSR count).